The molecule has 0 fully saturated rings. The maximum absolute atomic E-state index is 12.7. The van der Waals surface area contributed by atoms with Gasteiger partial charge in [0.15, 0.2) is 0 Å². The van der Waals surface area contributed by atoms with E-state index in [1.165, 1.54) is 18.9 Å². The van der Waals surface area contributed by atoms with Gasteiger partial charge in [0.1, 0.15) is 22.2 Å². The van der Waals surface area contributed by atoms with Gasteiger partial charge in [0.25, 0.3) is 0 Å². The zero-order chi connectivity index (χ0) is 22.2. The fourth-order valence-electron chi connectivity index (χ4n) is 2.84. The van der Waals surface area contributed by atoms with Crippen molar-refractivity contribution in [2.75, 3.05) is 38.5 Å². The third-order valence-corrected chi connectivity index (χ3v) is 5.51. The van der Waals surface area contributed by atoms with Crippen LogP contribution in [0.2, 0.25) is 0 Å². The summed E-state index contributed by atoms with van der Waals surface area (Å²) in [5.74, 6) is 1.90. The Balaban J connectivity index is 1.94. The van der Waals surface area contributed by atoms with Crippen LogP contribution in [0.25, 0.3) is 0 Å². The van der Waals surface area contributed by atoms with Crippen LogP contribution in [0.5, 0.6) is 5.75 Å². The zero-order valence-electron chi connectivity index (χ0n) is 18.1. The van der Waals surface area contributed by atoms with Gasteiger partial charge in [0.2, 0.25) is 5.95 Å². The molecule has 0 atom stereocenters. The van der Waals surface area contributed by atoms with E-state index >= 15 is 0 Å². The van der Waals surface area contributed by atoms with Gasteiger partial charge in [-0.1, -0.05) is 42.5 Å². The molecule has 162 valence electrons. The zero-order valence-corrected chi connectivity index (χ0v) is 18.9. The SMILES string of the molecule is COC(=O)c1c(NCc2cccc(OC)c2)nc(N(C)C)nc1SCc1ccccc1. The molecule has 7 nitrogen and oxygen atoms in total. The van der Waals surface area contributed by atoms with Crippen LogP contribution in [0.4, 0.5) is 11.8 Å². The second-order valence-corrected chi connectivity index (χ2v) is 7.88. The molecule has 0 radical (unpaired) electrons. The number of carbonyl (C=O) groups is 1. The average Bonchev–Trinajstić information content (AvgIpc) is 2.81. The molecule has 0 amide bonds. The largest absolute Gasteiger partial charge is 0.497 e. The van der Waals surface area contributed by atoms with E-state index in [-0.39, 0.29) is 0 Å². The number of ether oxygens (including phenoxy) is 2. The van der Waals surface area contributed by atoms with Crippen molar-refractivity contribution in [3.63, 3.8) is 0 Å². The smallest absolute Gasteiger partial charge is 0.344 e. The Morgan fingerprint density at radius 2 is 1.77 bits per heavy atom. The van der Waals surface area contributed by atoms with Crippen LogP contribution in [0.1, 0.15) is 21.5 Å². The number of benzene rings is 2. The molecule has 3 rings (SSSR count). The van der Waals surface area contributed by atoms with Crippen LogP contribution in [0, 0.1) is 0 Å². The van der Waals surface area contributed by atoms with Gasteiger partial charge in [-0.3, -0.25) is 0 Å². The Morgan fingerprint density at radius 3 is 2.45 bits per heavy atom. The number of carbonyl (C=O) groups excluding carboxylic acids is 1. The molecule has 0 saturated carbocycles. The quantitative estimate of drug-likeness (QED) is 0.302. The predicted octanol–water partition coefficient (Wildman–Crippen LogP) is 4.24. The average molecular weight is 439 g/mol. The van der Waals surface area contributed by atoms with Crippen molar-refractivity contribution in [1.29, 1.82) is 0 Å². The summed E-state index contributed by atoms with van der Waals surface area (Å²) < 4.78 is 10.3. The van der Waals surface area contributed by atoms with Crippen LogP contribution in [0.3, 0.4) is 0 Å². The van der Waals surface area contributed by atoms with Crippen molar-refractivity contribution in [3.05, 3.63) is 71.3 Å². The summed E-state index contributed by atoms with van der Waals surface area (Å²) >= 11 is 1.48. The van der Waals surface area contributed by atoms with E-state index in [1.54, 1.807) is 7.11 Å². The van der Waals surface area contributed by atoms with Crippen LogP contribution in [-0.4, -0.2) is 44.3 Å². The van der Waals surface area contributed by atoms with Gasteiger partial charge in [0.05, 0.1) is 14.2 Å². The minimum absolute atomic E-state index is 0.330. The summed E-state index contributed by atoms with van der Waals surface area (Å²) in [6.07, 6.45) is 0. The number of esters is 1. The number of anilines is 2. The highest BCUT2D eigenvalue weighted by Gasteiger charge is 2.23. The minimum Gasteiger partial charge on any atom is -0.497 e. The number of rotatable bonds is 9. The van der Waals surface area contributed by atoms with Gasteiger partial charge >= 0.3 is 5.97 Å². The number of hydrogen-bond acceptors (Lipinski definition) is 8. The molecule has 0 aliphatic rings. The number of thioether (sulfide) groups is 1. The molecular weight excluding hydrogens is 412 g/mol. The molecule has 0 aliphatic heterocycles. The minimum atomic E-state index is -0.478. The van der Waals surface area contributed by atoms with Crippen LogP contribution < -0.4 is 15.0 Å². The second kappa shape index (κ2) is 10.7. The lowest BCUT2D eigenvalue weighted by molar-refractivity contribution is 0.0596. The molecule has 1 aromatic heterocycles. The van der Waals surface area contributed by atoms with E-state index < -0.39 is 5.97 Å². The van der Waals surface area contributed by atoms with Crippen molar-refractivity contribution in [2.45, 2.75) is 17.3 Å². The van der Waals surface area contributed by atoms with Gasteiger partial charge < -0.3 is 19.7 Å². The highest BCUT2D eigenvalue weighted by atomic mass is 32.2. The first-order valence-corrected chi connectivity index (χ1v) is 10.7. The molecule has 1 heterocycles. The van der Waals surface area contributed by atoms with E-state index in [0.717, 1.165) is 16.9 Å². The summed E-state index contributed by atoms with van der Waals surface area (Å²) in [4.78, 5) is 23.7. The van der Waals surface area contributed by atoms with Crippen molar-refractivity contribution in [2.24, 2.45) is 0 Å². The summed E-state index contributed by atoms with van der Waals surface area (Å²) in [5.41, 5.74) is 2.47. The Morgan fingerprint density at radius 1 is 1.03 bits per heavy atom. The Kier molecular flexibility index (Phi) is 7.72. The monoisotopic (exact) mass is 438 g/mol. The van der Waals surface area contributed by atoms with Crippen molar-refractivity contribution in [3.8, 4) is 5.75 Å². The summed E-state index contributed by atoms with van der Waals surface area (Å²) in [5, 5.41) is 3.85. The molecule has 0 saturated heterocycles. The van der Waals surface area contributed by atoms with E-state index in [0.29, 0.717) is 34.7 Å². The molecular formula is C23H26N4O3S. The maximum atomic E-state index is 12.7. The molecule has 0 unspecified atom stereocenters. The molecule has 1 N–H and O–H groups in total. The number of nitrogens with one attached hydrogen (secondary N) is 1. The highest BCUT2D eigenvalue weighted by molar-refractivity contribution is 7.98. The first kappa shape index (κ1) is 22.4. The normalized spacial score (nSPS) is 10.5. The van der Waals surface area contributed by atoms with Crippen molar-refractivity contribution >= 4 is 29.5 Å². The fourth-order valence-corrected chi connectivity index (χ4v) is 3.81. The molecule has 8 heteroatoms. The lowest BCUT2D eigenvalue weighted by atomic mass is 10.2. The predicted molar refractivity (Wildman–Crippen MR) is 124 cm³/mol. The lowest BCUT2D eigenvalue weighted by Gasteiger charge is -2.18. The maximum Gasteiger partial charge on any atom is 0.344 e. The summed E-state index contributed by atoms with van der Waals surface area (Å²) in [6, 6.07) is 17.8. The van der Waals surface area contributed by atoms with Crippen LogP contribution >= 0.6 is 11.8 Å². The van der Waals surface area contributed by atoms with Crippen molar-refractivity contribution < 1.29 is 14.3 Å². The first-order chi connectivity index (χ1) is 15.0. The fraction of sp³-hybridized carbons (Fsp3) is 0.261. The molecule has 0 aliphatic carbocycles. The van der Waals surface area contributed by atoms with Gasteiger partial charge in [-0.05, 0) is 23.3 Å². The van der Waals surface area contributed by atoms with Gasteiger partial charge in [-0.2, -0.15) is 4.98 Å². The molecule has 2 aromatic carbocycles. The van der Waals surface area contributed by atoms with E-state index in [1.807, 2.05) is 73.6 Å². The van der Waals surface area contributed by atoms with Crippen molar-refractivity contribution in [1.82, 2.24) is 9.97 Å². The van der Waals surface area contributed by atoms with E-state index in [9.17, 15) is 4.79 Å². The van der Waals surface area contributed by atoms with Crippen LogP contribution in [-0.2, 0) is 17.0 Å². The molecule has 31 heavy (non-hydrogen) atoms. The summed E-state index contributed by atoms with van der Waals surface area (Å²) in [7, 11) is 6.72. The number of aromatic nitrogens is 2. The lowest BCUT2D eigenvalue weighted by Crippen LogP contribution is -2.18. The summed E-state index contributed by atoms with van der Waals surface area (Å²) in [6.45, 7) is 0.466. The standard InChI is InChI=1S/C23H26N4O3S/c1-27(2)23-25-20(24-14-17-11-8-12-18(13-17)29-3)19(22(28)30-4)21(26-23)31-15-16-9-6-5-7-10-16/h5-13H,14-15H2,1-4H3,(H,24,25,26). The number of methoxy groups -OCH3 is 2. The first-order valence-electron chi connectivity index (χ1n) is 9.73. The molecule has 0 spiro atoms. The third-order valence-electron chi connectivity index (χ3n) is 4.47. The highest BCUT2D eigenvalue weighted by Crippen LogP contribution is 2.31. The van der Waals surface area contributed by atoms with Gasteiger partial charge in [-0.25, -0.2) is 9.78 Å². The Bertz CT molecular complexity index is 1030. The molecule has 3 aromatic rings. The topological polar surface area (TPSA) is 76.6 Å². The number of hydrogen-bond donors (Lipinski definition) is 1. The molecule has 0 bridgehead atoms. The van der Waals surface area contributed by atoms with Gasteiger partial charge in [-0.15, -0.1) is 11.8 Å². The van der Waals surface area contributed by atoms with Crippen LogP contribution in [0.15, 0.2) is 59.6 Å². The second-order valence-electron chi connectivity index (χ2n) is 6.92. The Hall–Kier alpha value is -3.26. The third kappa shape index (κ3) is 5.88. The van der Waals surface area contributed by atoms with Gasteiger partial charge in [0, 0.05) is 26.4 Å². The number of nitrogens with zero attached hydrogens (tertiary/aromatic N) is 3. The van der Waals surface area contributed by atoms with E-state index in [2.05, 4.69) is 15.3 Å². The Labute approximate surface area is 186 Å². The van der Waals surface area contributed by atoms with E-state index in [4.69, 9.17) is 9.47 Å².